The fraction of sp³-hybridized carbons (Fsp3) is 0.462. The first kappa shape index (κ1) is 15.0. The topological polar surface area (TPSA) is 64.3 Å². The fourth-order valence-electron chi connectivity index (χ4n) is 2.28. The van der Waals surface area contributed by atoms with Crippen molar-refractivity contribution < 1.29 is 9.53 Å². The van der Waals surface area contributed by atoms with Crippen molar-refractivity contribution in [2.45, 2.75) is 25.0 Å². The third kappa shape index (κ3) is 3.02. The van der Waals surface area contributed by atoms with Crippen molar-refractivity contribution in [3.8, 4) is 0 Å². The average molecular weight is 271 g/mol. The quantitative estimate of drug-likeness (QED) is 0.864. The maximum atomic E-state index is 11.9. The minimum Gasteiger partial charge on any atom is -0.370 e. The number of ether oxygens (including phenoxy) is 1. The van der Waals surface area contributed by atoms with Gasteiger partial charge < -0.3 is 15.8 Å². The van der Waals surface area contributed by atoms with Gasteiger partial charge in [0.2, 0.25) is 0 Å². The summed E-state index contributed by atoms with van der Waals surface area (Å²) in [6.45, 7) is 0.205. The number of fused-ring (bicyclic) bond motifs is 1. The SMILES string of the molecule is COC(CN)C(=O)NC1CCc2ccccc21.Cl. The maximum Gasteiger partial charge on any atom is 0.250 e. The van der Waals surface area contributed by atoms with Crippen LogP contribution in [0.3, 0.4) is 0 Å². The predicted octanol–water partition coefficient (Wildman–Crippen LogP) is 1.19. The summed E-state index contributed by atoms with van der Waals surface area (Å²) in [5.41, 5.74) is 8.00. The number of aryl methyl sites for hydroxylation is 1. The van der Waals surface area contributed by atoms with E-state index in [0.717, 1.165) is 12.8 Å². The Bertz CT molecular complexity index is 408. The number of methoxy groups -OCH3 is 1. The molecule has 2 atom stereocenters. The molecule has 0 spiro atoms. The van der Waals surface area contributed by atoms with Gasteiger partial charge in [-0.1, -0.05) is 24.3 Å². The van der Waals surface area contributed by atoms with Crippen LogP contribution in [0.1, 0.15) is 23.6 Å². The summed E-state index contributed by atoms with van der Waals surface area (Å²) >= 11 is 0. The second kappa shape index (κ2) is 6.73. The van der Waals surface area contributed by atoms with E-state index in [1.54, 1.807) is 0 Å². The van der Waals surface area contributed by atoms with Crippen LogP contribution in [0.5, 0.6) is 0 Å². The number of carbonyl (C=O) groups is 1. The standard InChI is InChI=1S/C13H18N2O2.ClH/c1-17-12(8-14)13(16)15-11-7-6-9-4-2-3-5-10(9)11;/h2-5,11-12H,6-8,14H2,1H3,(H,15,16);1H. The number of hydrogen-bond donors (Lipinski definition) is 2. The summed E-state index contributed by atoms with van der Waals surface area (Å²) in [5, 5.41) is 2.99. The molecular formula is C13H19ClN2O2. The van der Waals surface area contributed by atoms with Crippen LogP contribution in [0.15, 0.2) is 24.3 Å². The van der Waals surface area contributed by atoms with Gasteiger partial charge in [-0.05, 0) is 24.0 Å². The normalized spacial score (nSPS) is 18.7. The molecule has 100 valence electrons. The summed E-state index contributed by atoms with van der Waals surface area (Å²) in [5.74, 6) is -0.128. The van der Waals surface area contributed by atoms with Crippen LogP contribution in [-0.4, -0.2) is 25.7 Å². The first-order valence-corrected chi connectivity index (χ1v) is 5.87. The number of amides is 1. The lowest BCUT2D eigenvalue weighted by Crippen LogP contribution is -2.41. The number of nitrogens with one attached hydrogen (secondary N) is 1. The van der Waals surface area contributed by atoms with E-state index in [9.17, 15) is 4.79 Å². The molecule has 2 rings (SSSR count). The van der Waals surface area contributed by atoms with E-state index in [1.165, 1.54) is 18.2 Å². The third-order valence-electron chi connectivity index (χ3n) is 3.24. The Labute approximate surface area is 113 Å². The Hall–Kier alpha value is -1.10. The van der Waals surface area contributed by atoms with E-state index in [4.69, 9.17) is 10.5 Å². The fourth-order valence-corrected chi connectivity index (χ4v) is 2.28. The molecule has 2 unspecified atom stereocenters. The Morgan fingerprint density at radius 3 is 2.94 bits per heavy atom. The van der Waals surface area contributed by atoms with Gasteiger partial charge in [-0.25, -0.2) is 0 Å². The molecule has 0 saturated carbocycles. The minimum atomic E-state index is -0.553. The molecule has 1 aromatic carbocycles. The van der Waals surface area contributed by atoms with E-state index < -0.39 is 6.10 Å². The van der Waals surface area contributed by atoms with Gasteiger partial charge in [0.05, 0.1) is 6.04 Å². The average Bonchev–Trinajstić information content (AvgIpc) is 2.74. The molecule has 18 heavy (non-hydrogen) atoms. The molecule has 0 aromatic heterocycles. The Morgan fingerprint density at radius 2 is 2.28 bits per heavy atom. The molecule has 0 bridgehead atoms. The second-order valence-corrected chi connectivity index (χ2v) is 4.26. The molecule has 5 heteroatoms. The van der Waals surface area contributed by atoms with Crippen molar-refractivity contribution in [2.24, 2.45) is 5.73 Å². The highest BCUT2D eigenvalue weighted by molar-refractivity contribution is 5.85. The van der Waals surface area contributed by atoms with Gasteiger partial charge in [-0.15, -0.1) is 12.4 Å². The van der Waals surface area contributed by atoms with Crippen molar-refractivity contribution in [1.82, 2.24) is 5.32 Å². The lowest BCUT2D eigenvalue weighted by Gasteiger charge is -2.18. The van der Waals surface area contributed by atoms with E-state index in [-0.39, 0.29) is 30.9 Å². The molecule has 1 aliphatic rings. The summed E-state index contributed by atoms with van der Waals surface area (Å²) in [7, 11) is 1.50. The largest absolute Gasteiger partial charge is 0.370 e. The van der Waals surface area contributed by atoms with Crippen LogP contribution in [-0.2, 0) is 16.0 Å². The molecule has 0 fully saturated rings. The molecule has 0 aliphatic heterocycles. The van der Waals surface area contributed by atoms with Gasteiger partial charge in [0.15, 0.2) is 0 Å². The van der Waals surface area contributed by atoms with Gasteiger partial charge in [-0.2, -0.15) is 0 Å². The molecular weight excluding hydrogens is 252 g/mol. The third-order valence-corrected chi connectivity index (χ3v) is 3.24. The van der Waals surface area contributed by atoms with E-state index in [0.29, 0.717) is 0 Å². The van der Waals surface area contributed by atoms with Crippen molar-refractivity contribution in [1.29, 1.82) is 0 Å². The molecule has 0 radical (unpaired) electrons. The molecule has 1 aromatic rings. The lowest BCUT2D eigenvalue weighted by molar-refractivity contribution is -0.131. The minimum absolute atomic E-state index is 0. The summed E-state index contributed by atoms with van der Waals surface area (Å²) in [6.07, 6.45) is 1.41. The highest BCUT2D eigenvalue weighted by Gasteiger charge is 2.26. The molecule has 0 heterocycles. The van der Waals surface area contributed by atoms with Gasteiger partial charge in [-0.3, -0.25) is 4.79 Å². The first-order chi connectivity index (χ1) is 8.26. The Balaban J connectivity index is 0.00000162. The van der Waals surface area contributed by atoms with Crippen molar-refractivity contribution in [3.05, 3.63) is 35.4 Å². The van der Waals surface area contributed by atoms with Gasteiger partial charge in [0.25, 0.3) is 5.91 Å². The van der Waals surface area contributed by atoms with Crippen LogP contribution in [0.25, 0.3) is 0 Å². The summed E-state index contributed by atoms with van der Waals surface area (Å²) < 4.78 is 5.02. The van der Waals surface area contributed by atoms with Gasteiger partial charge in [0, 0.05) is 13.7 Å². The van der Waals surface area contributed by atoms with Crippen molar-refractivity contribution in [3.63, 3.8) is 0 Å². The van der Waals surface area contributed by atoms with Crippen LogP contribution in [0.2, 0.25) is 0 Å². The molecule has 0 saturated heterocycles. The summed E-state index contributed by atoms with van der Waals surface area (Å²) in [4.78, 5) is 11.9. The summed E-state index contributed by atoms with van der Waals surface area (Å²) in [6, 6.07) is 8.30. The molecule has 1 aliphatic carbocycles. The number of benzene rings is 1. The number of rotatable bonds is 4. The van der Waals surface area contributed by atoms with Gasteiger partial charge in [0.1, 0.15) is 6.10 Å². The lowest BCUT2D eigenvalue weighted by atomic mass is 10.1. The van der Waals surface area contributed by atoms with Gasteiger partial charge >= 0.3 is 0 Å². The first-order valence-electron chi connectivity index (χ1n) is 5.87. The molecule has 1 amide bonds. The smallest absolute Gasteiger partial charge is 0.250 e. The Kier molecular flexibility index (Phi) is 5.59. The monoisotopic (exact) mass is 270 g/mol. The van der Waals surface area contributed by atoms with E-state index >= 15 is 0 Å². The zero-order valence-electron chi connectivity index (χ0n) is 10.4. The van der Waals surface area contributed by atoms with Crippen LogP contribution in [0.4, 0.5) is 0 Å². The van der Waals surface area contributed by atoms with Crippen LogP contribution in [0, 0.1) is 0 Å². The number of carbonyl (C=O) groups excluding carboxylic acids is 1. The Morgan fingerprint density at radius 1 is 1.56 bits per heavy atom. The van der Waals surface area contributed by atoms with Crippen molar-refractivity contribution >= 4 is 18.3 Å². The van der Waals surface area contributed by atoms with Crippen molar-refractivity contribution in [2.75, 3.05) is 13.7 Å². The predicted molar refractivity (Wildman–Crippen MR) is 72.7 cm³/mol. The number of halogens is 1. The van der Waals surface area contributed by atoms with Crippen LogP contribution < -0.4 is 11.1 Å². The maximum absolute atomic E-state index is 11.9. The number of hydrogen-bond acceptors (Lipinski definition) is 3. The number of nitrogens with two attached hydrogens (primary N) is 1. The van der Waals surface area contributed by atoms with E-state index in [2.05, 4.69) is 17.4 Å². The highest BCUT2D eigenvalue weighted by atomic mass is 35.5. The van der Waals surface area contributed by atoms with E-state index in [1.807, 2.05) is 12.1 Å². The van der Waals surface area contributed by atoms with Crippen LogP contribution >= 0.6 is 12.4 Å². The highest BCUT2D eigenvalue weighted by Crippen LogP contribution is 2.30. The molecule has 3 N–H and O–H groups in total. The zero-order chi connectivity index (χ0) is 12.3. The molecule has 4 nitrogen and oxygen atoms in total. The second-order valence-electron chi connectivity index (χ2n) is 4.26. The zero-order valence-corrected chi connectivity index (χ0v) is 11.2.